The van der Waals surface area contributed by atoms with E-state index in [9.17, 15) is 4.79 Å². The first kappa shape index (κ1) is 16.1. The molecule has 0 spiro atoms. The molecule has 0 atom stereocenters. The highest BCUT2D eigenvalue weighted by Crippen LogP contribution is 2.42. The smallest absolute Gasteiger partial charge is 0.231 e. The van der Waals surface area contributed by atoms with Crippen LogP contribution < -0.4 is 0 Å². The Kier molecular flexibility index (Phi) is 4.78. The van der Waals surface area contributed by atoms with Gasteiger partial charge in [-0.2, -0.15) is 0 Å². The Morgan fingerprint density at radius 1 is 1.35 bits per heavy atom. The maximum Gasteiger partial charge on any atom is 0.231 e. The van der Waals surface area contributed by atoms with Crippen LogP contribution in [0.4, 0.5) is 0 Å². The molecule has 1 fully saturated rings. The van der Waals surface area contributed by atoms with E-state index in [4.69, 9.17) is 4.74 Å². The topological polar surface area (TPSA) is 42.4 Å². The maximum atomic E-state index is 12.7. The van der Waals surface area contributed by atoms with Crippen LogP contribution in [0.1, 0.15) is 24.1 Å². The van der Waals surface area contributed by atoms with Crippen LogP contribution in [0.25, 0.3) is 10.6 Å². The van der Waals surface area contributed by atoms with Crippen molar-refractivity contribution in [1.82, 2.24) is 9.88 Å². The summed E-state index contributed by atoms with van der Waals surface area (Å²) in [6.45, 7) is 1.13. The number of hydrogen-bond acceptors (Lipinski definition) is 4. The van der Waals surface area contributed by atoms with Gasteiger partial charge in [-0.1, -0.05) is 36.8 Å². The largest absolute Gasteiger partial charge is 0.384 e. The van der Waals surface area contributed by atoms with Crippen LogP contribution in [0.2, 0.25) is 0 Å². The monoisotopic (exact) mass is 330 g/mol. The van der Waals surface area contributed by atoms with Crippen LogP contribution in [-0.4, -0.2) is 36.6 Å². The Labute approximate surface area is 141 Å². The third-order valence-electron chi connectivity index (χ3n) is 4.50. The maximum absolute atomic E-state index is 12.7. The van der Waals surface area contributed by atoms with E-state index in [1.165, 1.54) is 0 Å². The summed E-state index contributed by atoms with van der Waals surface area (Å²) in [6.07, 6.45) is 4.85. The van der Waals surface area contributed by atoms with Crippen molar-refractivity contribution in [1.29, 1.82) is 0 Å². The predicted octanol–water partition coefficient (Wildman–Crippen LogP) is 3.59. The second-order valence-corrected chi connectivity index (χ2v) is 7.34. The molecule has 5 heteroatoms. The lowest BCUT2D eigenvalue weighted by Crippen LogP contribution is -2.48. The molecule has 1 aliphatic carbocycles. The fourth-order valence-electron chi connectivity index (χ4n) is 3.11. The Balaban J connectivity index is 1.67. The summed E-state index contributed by atoms with van der Waals surface area (Å²) in [4.78, 5) is 20.2. The molecule has 122 valence electrons. The molecule has 0 N–H and O–H groups in total. The first-order valence-corrected chi connectivity index (χ1v) is 8.71. The molecule has 1 saturated carbocycles. The highest BCUT2D eigenvalue weighted by molar-refractivity contribution is 7.15. The molecule has 0 unspecified atom stereocenters. The van der Waals surface area contributed by atoms with Crippen molar-refractivity contribution >= 4 is 17.2 Å². The summed E-state index contributed by atoms with van der Waals surface area (Å²) in [5.41, 5.74) is 0.823. The van der Waals surface area contributed by atoms with Crippen molar-refractivity contribution in [3.8, 4) is 10.6 Å². The van der Waals surface area contributed by atoms with Gasteiger partial charge in [-0.15, -0.1) is 11.3 Å². The van der Waals surface area contributed by atoms with E-state index >= 15 is 0 Å². The second-order valence-electron chi connectivity index (χ2n) is 6.23. The van der Waals surface area contributed by atoms with Gasteiger partial charge >= 0.3 is 0 Å². The van der Waals surface area contributed by atoms with E-state index in [1.54, 1.807) is 18.4 Å². The quantitative estimate of drug-likeness (QED) is 0.813. The average molecular weight is 330 g/mol. The highest BCUT2D eigenvalue weighted by Gasteiger charge is 2.45. The fourth-order valence-corrected chi connectivity index (χ4v) is 4.08. The summed E-state index contributed by atoms with van der Waals surface area (Å²) >= 11 is 1.65. The molecular weight excluding hydrogens is 308 g/mol. The molecule has 2 aromatic rings. The number of amides is 1. The number of methoxy groups -OCH3 is 1. The lowest BCUT2D eigenvalue weighted by atomic mass is 9.68. The number of aromatic nitrogens is 1. The van der Waals surface area contributed by atoms with Crippen molar-refractivity contribution in [3.63, 3.8) is 0 Å². The van der Waals surface area contributed by atoms with Crippen molar-refractivity contribution < 1.29 is 9.53 Å². The normalized spacial score (nSPS) is 15.9. The van der Waals surface area contributed by atoms with E-state index in [-0.39, 0.29) is 11.3 Å². The number of hydrogen-bond donors (Lipinski definition) is 0. The third-order valence-corrected chi connectivity index (χ3v) is 5.53. The molecule has 0 bridgehead atoms. The predicted molar refractivity (Wildman–Crippen MR) is 92.2 cm³/mol. The zero-order valence-electron chi connectivity index (χ0n) is 13.6. The number of rotatable bonds is 6. The van der Waals surface area contributed by atoms with Gasteiger partial charge in [0.1, 0.15) is 5.01 Å². The van der Waals surface area contributed by atoms with Gasteiger partial charge in [0.15, 0.2) is 0 Å². The van der Waals surface area contributed by atoms with Crippen LogP contribution in [0, 0.1) is 5.41 Å². The van der Waals surface area contributed by atoms with E-state index in [0.717, 1.165) is 34.7 Å². The Morgan fingerprint density at radius 2 is 2.09 bits per heavy atom. The second kappa shape index (κ2) is 6.81. The van der Waals surface area contributed by atoms with Crippen molar-refractivity contribution in [2.75, 3.05) is 20.8 Å². The van der Waals surface area contributed by atoms with Gasteiger partial charge < -0.3 is 9.64 Å². The van der Waals surface area contributed by atoms with E-state index in [1.807, 2.05) is 36.3 Å². The molecule has 23 heavy (non-hydrogen) atoms. The molecule has 4 nitrogen and oxygen atoms in total. The Hall–Kier alpha value is -1.72. The number of carbonyl (C=O) groups excluding carboxylic acids is 1. The molecule has 0 saturated heterocycles. The van der Waals surface area contributed by atoms with E-state index in [0.29, 0.717) is 13.2 Å². The van der Waals surface area contributed by atoms with Gasteiger partial charge in [0.2, 0.25) is 5.91 Å². The minimum absolute atomic E-state index is 0.195. The van der Waals surface area contributed by atoms with Crippen molar-refractivity contribution in [3.05, 3.63) is 41.4 Å². The summed E-state index contributed by atoms with van der Waals surface area (Å²) < 4.78 is 5.28. The molecule has 1 amide bonds. The first-order chi connectivity index (χ1) is 11.1. The van der Waals surface area contributed by atoms with E-state index < -0.39 is 0 Å². The Morgan fingerprint density at radius 3 is 2.70 bits per heavy atom. The average Bonchev–Trinajstić information content (AvgIpc) is 2.99. The Bertz CT molecular complexity index is 665. The van der Waals surface area contributed by atoms with Gasteiger partial charge in [0.25, 0.3) is 0 Å². The third kappa shape index (κ3) is 3.31. The lowest BCUT2D eigenvalue weighted by Gasteiger charge is -2.42. The molecule has 0 aliphatic heterocycles. The SMILES string of the molecule is COCC1(C(=O)N(C)Cc2cnc(-c3ccccc3)s2)CCC1. The van der Waals surface area contributed by atoms with Gasteiger partial charge in [0, 0.05) is 30.8 Å². The van der Waals surface area contributed by atoms with Crippen LogP contribution in [0.3, 0.4) is 0 Å². The van der Waals surface area contributed by atoms with Crippen molar-refractivity contribution in [2.45, 2.75) is 25.8 Å². The molecule has 1 aliphatic rings. The number of nitrogens with zero attached hydrogens (tertiary/aromatic N) is 2. The summed E-state index contributed by atoms with van der Waals surface area (Å²) in [7, 11) is 3.54. The number of benzene rings is 1. The first-order valence-electron chi connectivity index (χ1n) is 7.89. The molecule has 1 aromatic heterocycles. The van der Waals surface area contributed by atoms with Crippen molar-refractivity contribution in [2.24, 2.45) is 5.41 Å². The minimum Gasteiger partial charge on any atom is -0.384 e. The number of carbonyl (C=O) groups is 1. The molecular formula is C18H22N2O2S. The van der Waals surface area contributed by atoms with Crippen LogP contribution in [0.5, 0.6) is 0 Å². The van der Waals surface area contributed by atoms with Gasteiger partial charge in [-0.05, 0) is 12.8 Å². The molecule has 1 heterocycles. The van der Waals surface area contributed by atoms with Gasteiger partial charge in [-0.25, -0.2) is 4.98 Å². The fraction of sp³-hybridized carbons (Fsp3) is 0.444. The zero-order chi connectivity index (χ0) is 16.3. The summed E-state index contributed by atoms with van der Waals surface area (Å²) in [5, 5.41) is 0.997. The standard InChI is InChI=1S/C18H22N2O2S/c1-20(17(21)18(13-22-2)9-6-10-18)12-15-11-19-16(23-15)14-7-4-3-5-8-14/h3-5,7-8,11H,6,9-10,12-13H2,1-2H3. The van der Waals surface area contributed by atoms with Crippen LogP contribution in [-0.2, 0) is 16.1 Å². The molecule has 3 rings (SSSR count). The number of thiazole rings is 1. The zero-order valence-corrected chi connectivity index (χ0v) is 14.4. The summed E-state index contributed by atoms with van der Waals surface area (Å²) in [6, 6.07) is 10.1. The minimum atomic E-state index is -0.295. The highest BCUT2D eigenvalue weighted by atomic mass is 32.1. The summed E-state index contributed by atoms with van der Waals surface area (Å²) in [5.74, 6) is 0.195. The van der Waals surface area contributed by atoms with Gasteiger partial charge in [-0.3, -0.25) is 4.79 Å². The number of ether oxygens (including phenoxy) is 1. The molecule has 0 radical (unpaired) electrons. The lowest BCUT2D eigenvalue weighted by molar-refractivity contribution is -0.151. The van der Waals surface area contributed by atoms with Crippen LogP contribution >= 0.6 is 11.3 Å². The van der Waals surface area contributed by atoms with E-state index in [2.05, 4.69) is 17.1 Å². The van der Waals surface area contributed by atoms with Gasteiger partial charge in [0.05, 0.1) is 18.6 Å². The van der Waals surface area contributed by atoms with Crippen LogP contribution in [0.15, 0.2) is 36.5 Å². The molecule has 1 aromatic carbocycles.